The third kappa shape index (κ3) is 4.82. The molecule has 9 heteroatoms. The Morgan fingerprint density at radius 1 is 1.35 bits per heavy atom. The van der Waals surface area contributed by atoms with Crippen molar-refractivity contribution in [3.63, 3.8) is 0 Å². The molecule has 0 heterocycles. The minimum atomic E-state index is -3.91. The summed E-state index contributed by atoms with van der Waals surface area (Å²) in [6, 6.07) is 2.23. The number of benzene rings is 1. The summed E-state index contributed by atoms with van der Waals surface area (Å²) in [6.45, 7) is 2.18. The van der Waals surface area contributed by atoms with Crippen LogP contribution < -0.4 is 15.2 Å². The van der Waals surface area contributed by atoms with Gasteiger partial charge in [0.05, 0.1) is 14.9 Å². The molecule has 6 nitrogen and oxygen atoms in total. The van der Waals surface area contributed by atoms with E-state index >= 15 is 0 Å². The van der Waals surface area contributed by atoms with Crippen molar-refractivity contribution in [3.8, 4) is 5.75 Å². The normalized spacial score (nSPS) is 11.2. The van der Waals surface area contributed by atoms with Gasteiger partial charge in [-0.25, -0.2) is 13.6 Å². The number of amides is 1. The highest BCUT2D eigenvalue weighted by Crippen LogP contribution is 2.35. The predicted molar refractivity (Wildman–Crippen MR) is 76.6 cm³/mol. The van der Waals surface area contributed by atoms with E-state index in [4.69, 9.17) is 33.1 Å². The van der Waals surface area contributed by atoms with Crippen LogP contribution in [0.4, 0.5) is 0 Å². The van der Waals surface area contributed by atoms with Crippen molar-refractivity contribution in [1.82, 2.24) is 5.32 Å². The lowest BCUT2D eigenvalue weighted by Gasteiger charge is -2.11. The second-order valence-corrected chi connectivity index (χ2v) is 6.28. The van der Waals surface area contributed by atoms with Gasteiger partial charge in [-0.05, 0) is 18.6 Å². The van der Waals surface area contributed by atoms with E-state index in [9.17, 15) is 13.2 Å². The molecule has 112 valence electrons. The van der Waals surface area contributed by atoms with E-state index in [-0.39, 0.29) is 33.2 Å². The Balaban J connectivity index is 2.85. The van der Waals surface area contributed by atoms with Gasteiger partial charge in [-0.2, -0.15) is 0 Å². The molecule has 0 saturated heterocycles. The van der Waals surface area contributed by atoms with Gasteiger partial charge in [0.1, 0.15) is 0 Å². The number of rotatable bonds is 6. The maximum absolute atomic E-state index is 11.4. The van der Waals surface area contributed by atoms with Crippen molar-refractivity contribution in [2.24, 2.45) is 5.14 Å². The molecule has 0 radical (unpaired) electrons. The van der Waals surface area contributed by atoms with Gasteiger partial charge in [0, 0.05) is 6.54 Å². The molecule has 0 aliphatic carbocycles. The number of halogens is 2. The van der Waals surface area contributed by atoms with Gasteiger partial charge in [-0.1, -0.05) is 30.1 Å². The van der Waals surface area contributed by atoms with Gasteiger partial charge in [0.2, 0.25) is 10.0 Å². The average Bonchev–Trinajstić information content (AvgIpc) is 2.34. The highest BCUT2D eigenvalue weighted by atomic mass is 35.5. The Morgan fingerprint density at radius 3 is 2.35 bits per heavy atom. The fourth-order valence-electron chi connectivity index (χ4n) is 1.29. The predicted octanol–water partition coefficient (Wildman–Crippen LogP) is 1.55. The number of nitrogens with two attached hydrogens (primary N) is 1. The smallest absolute Gasteiger partial charge is 0.257 e. The molecule has 0 atom stereocenters. The summed E-state index contributed by atoms with van der Waals surface area (Å²) >= 11 is 11.7. The number of primary sulfonamides is 1. The van der Waals surface area contributed by atoms with E-state index in [1.807, 2.05) is 6.92 Å². The van der Waals surface area contributed by atoms with E-state index in [0.717, 1.165) is 18.6 Å². The molecule has 3 N–H and O–H groups in total. The minimum Gasteiger partial charge on any atom is -0.481 e. The number of ether oxygens (including phenoxy) is 1. The number of hydrogen-bond acceptors (Lipinski definition) is 4. The Hall–Kier alpha value is -1.02. The van der Waals surface area contributed by atoms with Crippen molar-refractivity contribution < 1.29 is 17.9 Å². The standard InChI is InChI=1S/C11H14Cl2N2O4S/c1-2-3-15-10(16)6-19-11-8(12)4-7(5-9(11)13)20(14,17)18/h4-5H,2-3,6H2,1H3,(H,15,16)(H2,14,17,18). The van der Waals surface area contributed by atoms with Crippen LogP contribution in [-0.4, -0.2) is 27.5 Å². The fraction of sp³-hybridized carbons (Fsp3) is 0.364. The molecule has 1 aromatic carbocycles. The number of nitrogens with one attached hydrogen (secondary N) is 1. The zero-order valence-electron chi connectivity index (χ0n) is 10.7. The molecular formula is C11H14Cl2N2O4S. The monoisotopic (exact) mass is 340 g/mol. The second-order valence-electron chi connectivity index (χ2n) is 3.90. The van der Waals surface area contributed by atoms with Crippen LogP contribution in [-0.2, 0) is 14.8 Å². The molecule has 0 saturated carbocycles. The highest BCUT2D eigenvalue weighted by Gasteiger charge is 2.16. The zero-order chi connectivity index (χ0) is 15.3. The second kappa shape index (κ2) is 7.12. The summed E-state index contributed by atoms with van der Waals surface area (Å²) in [5, 5.41) is 7.51. The van der Waals surface area contributed by atoms with Crippen molar-refractivity contribution in [2.45, 2.75) is 18.2 Å². The maximum atomic E-state index is 11.4. The number of hydrogen-bond donors (Lipinski definition) is 2. The highest BCUT2D eigenvalue weighted by molar-refractivity contribution is 7.89. The average molecular weight is 341 g/mol. The number of carbonyl (C=O) groups is 1. The summed E-state index contributed by atoms with van der Waals surface area (Å²) in [4.78, 5) is 11.2. The van der Waals surface area contributed by atoms with Crippen LogP contribution in [0.3, 0.4) is 0 Å². The van der Waals surface area contributed by atoms with Gasteiger partial charge in [0.15, 0.2) is 12.4 Å². The van der Waals surface area contributed by atoms with Crippen LogP contribution in [0.1, 0.15) is 13.3 Å². The van der Waals surface area contributed by atoms with E-state index < -0.39 is 10.0 Å². The molecule has 0 aliphatic rings. The van der Waals surface area contributed by atoms with E-state index in [1.54, 1.807) is 0 Å². The zero-order valence-corrected chi connectivity index (χ0v) is 13.0. The first-order valence-electron chi connectivity index (χ1n) is 5.67. The number of carbonyl (C=O) groups excluding carboxylic acids is 1. The minimum absolute atomic E-state index is 0.0346. The van der Waals surface area contributed by atoms with Crippen LogP contribution in [0.2, 0.25) is 10.0 Å². The molecular weight excluding hydrogens is 327 g/mol. The van der Waals surface area contributed by atoms with Crippen molar-refractivity contribution >= 4 is 39.1 Å². The summed E-state index contributed by atoms with van der Waals surface area (Å²) in [6.07, 6.45) is 0.802. The molecule has 0 aromatic heterocycles. The maximum Gasteiger partial charge on any atom is 0.257 e. The largest absolute Gasteiger partial charge is 0.481 e. The molecule has 0 bridgehead atoms. The lowest BCUT2D eigenvalue weighted by molar-refractivity contribution is -0.123. The number of sulfonamides is 1. The molecule has 0 aliphatic heterocycles. The topological polar surface area (TPSA) is 98.5 Å². The third-order valence-electron chi connectivity index (χ3n) is 2.22. The van der Waals surface area contributed by atoms with Crippen molar-refractivity contribution in [1.29, 1.82) is 0 Å². The van der Waals surface area contributed by atoms with Gasteiger partial charge in [-0.3, -0.25) is 4.79 Å². The van der Waals surface area contributed by atoms with Crippen LogP contribution in [0, 0.1) is 0 Å². The first-order valence-corrected chi connectivity index (χ1v) is 7.97. The summed E-state index contributed by atoms with van der Waals surface area (Å²) in [7, 11) is -3.91. The Kier molecular flexibility index (Phi) is 6.07. The van der Waals surface area contributed by atoms with Gasteiger partial charge in [0.25, 0.3) is 5.91 Å². The SMILES string of the molecule is CCCNC(=O)COc1c(Cl)cc(S(N)(=O)=O)cc1Cl. The van der Waals surface area contributed by atoms with Gasteiger partial charge in [-0.15, -0.1) is 0 Å². The van der Waals surface area contributed by atoms with E-state index in [0.29, 0.717) is 6.54 Å². The first kappa shape index (κ1) is 17.0. The molecule has 1 aromatic rings. The van der Waals surface area contributed by atoms with Gasteiger partial charge >= 0.3 is 0 Å². The third-order valence-corrected chi connectivity index (χ3v) is 3.67. The molecule has 0 unspecified atom stereocenters. The Bertz CT molecular complexity index is 581. The van der Waals surface area contributed by atoms with Crippen LogP contribution >= 0.6 is 23.2 Å². The van der Waals surface area contributed by atoms with Crippen LogP contribution in [0.5, 0.6) is 5.75 Å². The fourth-order valence-corrected chi connectivity index (χ4v) is 2.58. The lowest BCUT2D eigenvalue weighted by atomic mass is 10.3. The van der Waals surface area contributed by atoms with E-state index in [2.05, 4.69) is 5.32 Å². The Morgan fingerprint density at radius 2 is 1.90 bits per heavy atom. The summed E-state index contributed by atoms with van der Waals surface area (Å²) < 4.78 is 27.6. The molecule has 1 rings (SSSR count). The van der Waals surface area contributed by atoms with Crippen LogP contribution in [0.15, 0.2) is 17.0 Å². The molecule has 0 fully saturated rings. The van der Waals surface area contributed by atoms with E-state index in [1.165, 1.54) is 0 Å². The first-order chi connectivity index (χ1) is 9.25. The lowest BCUT2D eigenvalue weighted by Crippen LogP contribution is -2.29. The van der Waals surface area contributed by atoms with Crippen molar-refractivity contribution in [2.75, 3.05) is 13.2 Å². The quantitative estimate of drug-likeness (QED) is 0.820. The summed E-state index contributed by atoms with van der Waals surface area (Å²) in [5.41, 5.74) is 0. The Labute approximate surface area is 127 Å². The van der Waals surface area contributed by atoms with Gasteiger partial charge < -0.3 is 10.1 Å². The molecule has 1 amide bonds. The molecule has 20 heavy (non-hydrogen) atoms. The molecule has 0 spiro atoms. The van der Waals surface area contributed by atoms with Crippen LogP contribution in [0.25, 0.3) is 0 Å². The summed E-state index contributed by atoms with van der Waals surface area (Å²) in [5.74, 6) is -0.290. The van der Waals surface area contributed by atoms with Crippen molar-refractivity contribution in [3.05, 3.63) is 22.2 Å².